The zero-order valence-corrected chi connectivity index (χ0v) is 11.9. The first-order chi connectivity index (χ1) is 9.20. The molecule has 0 saturated heterocycles. The molecule has 7 heteroatoms. The smallest absolute Gasteiger partial charge is 0.241 e. The van der Waals surface area contributed by atoms with E-state index in [0.717, 1.165) is 16.8 Å². The minimum atomic E-state index is 0.355. The second kappa shape index (κ2) is 6.65. The van der Waals surface area contributed by atoms with Crippen LogP contribution < -0.4 is 16.0 Å². The van der Waals surface area contributed by atoms with Gasteiger partial charge in [-0.3, -0.25) is 5.43 Å². The van der Waals surface area contributed by atoms with Crippen LogP contribution in [0.3, 0.4) is 0 Å². The van der Waals surface area contributed by atoms with Crippen LogP contribution in [0.5, 0.6) is 5.88 Å². The van der Waals surface area contributed by atoms with E-state index in [4.69, 9.17) is 15.3 Å². The number of hydrogen-bond acceptors (Lipinski definition) is 7. The van der Waals surface area contributed by atoms with Gasteiger partial charge in [0, 0.05) is 6.61 Å². The van der Waals surface area contributed by atoms with Gasteiger partial charge in [0.15, 0.2) is 0 Å². The summed E-state index contributed by atoms with van der Waals surface area (Å²) in [6.07, 6.45) is 0. The van der Waals surface area contributed by atoms with E-state index in [1.54, 1.807) is 0 Å². The molecule has 0 atom stereocenters. The summed E-state index contributed by atoms with van der Waals surface area (Å²) < 4.78 is 11.1. The van der Waals surface area contributed by atoms with E-state index in [-0.39, 0.29) is 0 Å². The van der Waals surface area contributed by atoms with Gasteiger partial charge in [0.25, 0.3) is 0 Å². The van der Waals surface area contributed by atoms with Crippen molar-refractivity contribution in [2.45, 2.75) is 13.8 Å². The van der Waals surface area contributed by atoms with Crippen molar-refractivity contribution >= 4 is 27.5 Å². The van der Waals surface area contributed by atoms with E-state index >= 15 is 0 Å². The summed E-state index contributed by atoms with van der Waals surface area (Å²) in [7, 11) is 0. The van der Waals surface area contributed by atoms with E-state index < -0.39 is 0 Å². The predicted octanol–water partition coefficient (Wildman–Crippen LogP) is 2.03. The average Bonchev–Trinajstić information content (AvgIpc) is 2.85. The topological polar surface area (TPSA) is 82.3 Å². The predicted molar refractivity (Wildman–Crippen MR) is 76.4 cm³/mol. The van der Waals surface area contributed by atoms with Gasteiger partial charge in [0.1, 0.15) is 11.4 Å². The molecule has 104 valence electrons. The van der Waals surface area contributed by atoms with Gasteiger partial charge in [0.2, 0.25) is 11.8 Å². The van der Waals surface area contributed by atoms with E-state index in [9.17, 15) is 0 Å². The van der Waals surface area contributed by atoms with Crippen molar-refractivity contribution < 1.29 is 9.47 Å². The molecule has 0 saturated carbocycles. The lowest BCUT2D eigenvalue weighted by Crippen LogP contribution is -2.13. The second-order valence-electron chi connectivity index (χ2n) is 4.45. The molecule has 6 nitrogen and oxygen atoms in total. The summed E-state index contributed by atoms with van der Waals surface area (Å²) in [5.41, 5.74) is 2.44. The summed E-state index contributed by atoms with van der Waals surface area (Å²) in [5.74, 6) is 6.75. The van der Waals surface area contributed by atoms with Crippen molar-refractivity contribution in [1.82, 2.24) is 9.97 Å². The van der Waals surface area contributed by atoms with Gasteiger partial charge in [-0.2, -0.15) is 4.98 Å². The van der Waals surface area contributed by atoms with Crippen molar-refractivity contribution in [3.05, 3.63) is 11.4 Å². The van der Waals surface area contributed by atoms with Crippen LogP contribution in [-0.2, 0) is 4.74 Å². The molecule has 0 aliphatic rings. The first-order valence-electron chi connectivity index (χ1n) is 6.13. The van der Waals surface area contributed by atoms with Gasteiger partial charge in [-0.15, -0.1) is 11.3 Å². The maximum absolute atomic E-state index is 5.64. The molecular formula is C12H18N4O2S. The fraction of sp³-hybridized carbons (Fsp3) is 0.500. The van der Waals surface area contributed by atoms with Crippen LogP contribution in [0.25, 0.3) is 10.2 Å². The van der Waals surface area contributed by atoms with Crippen LogP contribution in [0.4, 0.5) is 5.95 Å². The molecule has 0 amide bonds. The van der Waals surface area contributed by atoms with E-state index in [2.05, 4.69) is 29.2 Å². The van der Waals surface area contributed by atoms with Gasteiger partial charge in [-0.1, -0.05) is 13.8 Å². The van der Waals surface area contributed by atoms with Crippen LogP contribution >= 0.6 is 11.3 Å². The highest BCUT2D eigenvalue weighted by Gasteiger charge is 2.09. The minimum Gasteiger partial charge on any atom is -0.475 e. The summed E-state index contributed by atoms with van der Waals surface area (Å²) in [6.45, 7) is 5.95. The quantitative estimate of drug-likeness (QED) is 0.459. The summed E-state index contributed by atoms with van der Waals surface area (Å²) in [6, 6.07) is 1.94. The number of hydrogen-bond donors (Lipinski definition) is 2. The average molecular weight is 282 g/mol. The molecule has 0 aliphatic carbocycles. The first kappa shape index (κ1) is 14.0. The molecule has 19 heavy (non-hydrogen) atoms. The Morgan fingerprint density at radius 3 is 2.95 bits per heavy atom. The zero-order valence-electron chi connectivity index (χ0n) is 11.0. The van der Waals surface area contributed by atoms with Crippen LogP contribution in [0.15, 0.2) is 11.4 Å². The number of ether oxygens (including phenoxy) is 2. The maximum Gasteiger partial charge on any atom is 0.241 e. The van der Waals surface area contributed by atoms with Gasteiger partial charge in [-0.05, 0) is 17.4 Å². The lowest BCUT2D eigenvalue weighted by molar-refractivity contribution is 0.0811. The lowest BCUT2D eigenvalue weighted by atomic mass is 10.2. The normalized spacial score (nSPS) is 11.2. The number of nitrogen functional groups attached to an aromatic ring is 1. The third-order valence-corrected chi connectivity index (χ3v) is 3.14. The van der Waals surface area contributed by atoms with Crippen molar-refractivity contribution in [2.24, 2.45) is 11.8 Å². The number of rotatable bonds is 7. The fourth-order valence-electron chi connectivity index (χ4n) is 1.52. The Morgan fingerprint density at radius 2 is 2.21 bits per heavy atom. The number of nitrogens with zero attached hydrogens (tertiary/aromatic N) is 2. The molecule has 0 fully saturated rings. The van der Waals surface area contributed by atoms with Crippen molar-refractivity contribution in [1.29, 1.82) is 0 Å². The molecule has 0 aliphatic heterocycles. The largest absolute Gasteiger partial charge is 0.475 e. The van der Waals surface area contributed by atoms with Crippen LogP contribution in [0.2, 0.25) is 0 Å². The molecule has 2 rings (SSSR count). The van der Waals surface area contributed by atoms with E-state index in [0.29, 0.717) is 31.0 Å². The second-order valence-corrected chi connectivity index (χ2v) is 5.35. The molecule has 2 aromatic heterocycles. The lowest BCUT2D eigenvalue weighted by Gasteiger charge is -2.09. The number of aromatic nitrogens is 2. The molecule has 0 bridgehead atoms. The summed E-state index contributed by atoms with van der Waals surface area (Å²) in [4.78, 5) is 9.30. The number of nitrogens with two attached hydrogens (primary N) is 1. The van der Waals surface area contributed by atoms with Gasteiger partial charge < -0.3 is 9.47 Å². The van der Waals surface area contributed by atoms with Gasteiger partial charge in [-0.25, -0.2) is 10.8 Å². The molecule has 0 unspecified atom stereocenters. The molecule has 0 aromatic carbocycles. The number of anilines is 1. The molecule has 2 heterocycles. The molecule has 2 aromatic rings. The molecule has 0 radical (unpaired) electrons. The van der Waals surface area contributed by atoms with Gasteiger partial charge in [0.05, 0.1) is 12.0 Å². The van der Waals surface area contributed by atoms with Crippen LogP contribution in [-0.4, -0.2) is 29.8 Å². The van der Waals surface area contributed by atoms with E-state index in [1.165, 1.54) is 11.3 Å². The summed E-state index contributed by atoms with van der Waals surface area (Å²) in [5, 5.41) is 2.84. The van der Waals surface area contributed by atoms with E-state index in [1.807, 2.05) is 11.4 Å². The Morgan fingerprint density at radius 1 is 1.37 bits per heavy atom. The van der Waals surface area contributed by atoms with Crippen molar-refractivity contribution in [3.63, 3.8) is 0 Å². The Labute approximate surface area is 115 Å². The Hall–Kier alpha value is -1.44. The van der Waals surface area contributed by atoms with Crippen LogP contribution in [0.1, 0.15) is 13.8 Å². The number of hydrazine groups is 1. The molecular weight excluding hydrogens is 264 g/mol. The SMILES string of the molecule is CC(C)COCCOc1nc(NN)nc2sccc12. The fourth-order valence-corrected chi connectivity index (χ4v) is 2.27. The number of thiophene rings is 1. The molecule has 3 N–H and O–H groups in total. The maximum atomic E-state index is 5.64. The number of fused-ring (bicyclic) bond motifs is 1. The number of nitrogens with one attached hydrogen (secondary N) is 1. The Balaban J connectivity index is 1.97. The van der Waals surface area contributed by atoms with Crippen LogP contribution in [0, 0.1) is 5.92 Å². The third-order valence-electron chi connectivity index (χ3n) is 2.34. The first-order valence-corrected chi connectivity index (χ1v) is 7.01. The monoisotopic (exact) mass is 282 g/mol. The standard InChI is InChI=1S/C12H18N4O2S/c1-8(2)7-17-4-5-18-10-9-3-6-19-11(9)15-12(14-10)16-13/h3,6,8H,4-5,7,13H2,1-2H3,(H,14,15,16). The Kier molecular flexibility index (Phi) is 4.89. The van der Waals surface area contributed by atoms with Gasteiger partial charge >= 0.3 is 0 Å². The van der Waals surface area contributed by atoms with Crippen molar-refractivity contribution in [2.75, 3.05) is 25.2 Å². The molecule has 0 spiro atoms. The zero-order chi connectivity index (χ0) is 13.7. The highest BCUT2D eigenvalue weighted by molar-refractivity contribution is 7.16. The minimum absolute atomic E-state index is 0.355. The highest BCUT2D eigenvalue weighted by Crippen LogP contribution is 2.27. The Bertz CT molecular complexity index is 529. The third kappa shape index (κ3) is 3.76. The highest BCUT2D eigenvalue weighted by atomic mass is 32.1. The summed E-state index contributed by atoms with van der Waals surface area (Å²) >= 11 is 1.52. The van der Waals surface area contributed by atoms with Crippen molar-refractivity contribution in [3.8, 4) is 5.88 Å².